The molecule has 1 amide bonds. The third-order valence-corrected chi connectivity index (χ3v) is 6.08. The first-order valence-electron chi connectivity index (χ1n) is 9.75. The predicted octanol–water partition coefficient (Wildman–Crippen LogP) is 3.21. The van der Waals surface area contributed by atoms with Crippen LogP contribution >= 0.6 is 11.3 Å². The molecule has 1 aliphatic heterocycles. The number of amides is 1. The number of methoxy groups -OCH3 is 1. The Balaban J connectivity index is 1.63. The van der Waals surface area contributed by atoms with Crippen molar-refractivity contribution in [2.45, 2.75) is 26.3 Å². The molecule has 0 spiro atoms. The number of fused-ring (bicyclic) bond motifs is 1. The summed E-state index contributed by atoms with van der Waals surface area (Å²) in [6.07, 6.45) is 3.64. The van der Waals surface area contributed by atoms with Gasteiger partial charge in [-0.1, -0.05) is 0 Å². The zero-order chi connectivity index (χ0) is 21.3. The van der Waals surface area contributed by atoms with Crippen molar-refractivity contribution in [3.63, 3.8) is 0 Å². The number of hydrogen-bond donors (Lipinski definition) is 1. The van der Waals surface area contributed by atoms with Gasteiger partial charge in [0.2, 0.25) is 5.95 Å². The molecule has 2 atom stereocenters. The van der Waals surface area contributed by atoms with Crippen molar-refractivity contribution < 1.29 is 13.9 Å². The molecule has 4 rings (SSSR count). The highest BCUT2D eigenvalue weighted by atomic mass is 32.1. The normalized spacial score (nSPS) is 17.5. The first-order valence-corrected chi connectivity index (χ1v) is 10.6. The number of nitrogens with one attached hydrogen (secondary N) is 1. The van der Waals surface area contributed by atoms with E-state index in [2.05, 4.69) is 25.3 Å². The first kappa shape index (κ1) is 20.5. The van der Waals surface area contributed by atoms with E-state index in [0.29, 0.717) is 47.2 Å². The van der Waals surface area contributed by atoms with Crippen LogP contribution < -0.4 is 5.32 Å². The van der Waals surface area contributed by atoms with Gasteiger partial charge in [-0.05, 0) is 31.9 Å². The SMILES string of the molecule is COCC1CCN(C(=O)c2nc(N[C@@H](C)c3cncc(F)c3)nc3nc(C)sc23)C1. The minimum Gasteiger partial charge on any atom is -0.384 e. The van der Waals surface area contributed by atoms with E-state index in [0.717, 1.165) is 17.6 Å². The molecule has 0 bridgehead atoms. The van der Waals surface area contributed by atoms with Gasteiger partial charge in [-0.15, -0.1) is 11.3 Å². The Morgan fingerprint density at radius 1 is 1.40 bits per heavy atom. The molecular weight excluding hydrogens is 407 g/mol. The molecule has 1 saturated heterocycles. The molecule has 0 radical (unpaired) electrons. The molecule has 0 aromatic carbocycles. The Morgan fingerprint density at radius 3 is 3.00 bits per heavy atom. The van der Waals surface area contributed by atoms with Crippen LogP contribution in [0.1, 0.15) is 40.4 Å². The van der Waals surface area contributed by atoms with E-state index < -0.39 is 5.82 Å². The number of likely N-dealkylation sites (tertiary alicyclic amines) is 1. The van der Waals surface area contributed by atoms with Crippen molar-refractivity contribution in [1.82, 2.24) is 24.8 Å². The van der Waals surface area contributed by atoms with Crippen LogP contribution in [0.5, 0.6) is 0 Å². The van der Waals surface area contributed by atoms with Gasteiger partial charge < -0.3 is 15.0 Å². The standard InChI is InChI=1S/C20H23FN6O2S/c1-11(14-6-15(21)8-22-7-14)23-20-25-16(17-18(26-20)24-12(2)30-17)19(28)27-5-4-13(9-27)10-29-3/h6-8,11,13H,4-5,9-10H2,1-3H3,(H,23,25,26)/t11-,13?/m0/s1. The Morgan fingerprint density at radius 2 is 2.23 bits per heavy atom. The number of rotatable bonds is 6. The van der Waals surface area contributed by atoms with E-state index in [4.69, 9.17) is 4.74 Å². The first-order chi connectivity index (χ1) is 14.4. The molecule has 4 heterocycles. The summed E-state index contributed by atoms with van der Waals surface area (Å²) >= 11 is 1.41. The molecule has 0 aliphatic carbocycles. The molecule has 10 heteroatoms. The second kappa shape index (κ2) is 8.57. The van der Waals surface area contributed by atoms with E-state index in [9.17, 15) is 9.18 Å². The summed E-state index contributed by atoms with van der Waals surface area (Å²) < 4.78 is 19.4. The molecule has 30 heavy (non-hydrogen) atoms. The minimum absolute atomic E-state index is 0.132. The van der Waals surface area contributed by atoms with Crippen LogP contribution in [0.2, 0.25) is 0 Å². The van der Waals surface area contributed by atoms with Gasteiger partial charge in [0.25, 0.3) is 5.91 Å². The lowest BCUT2D eigenvalue weighted by atomic mass is 10.1. The Bertz CT molecular complexity index is 1070. The lowest BCUT2D eigenvalue weighted by Gasteiger charge is -2.18. The average Bonchev–Trinajstić information content (AvgIpc) is 3.33. The number of carbonyl (C=O) groups excluding carboxylic acids is 1. The summed E-state index contributed by atoms with van der Waals surface area (Å²) in [6, 6.07) is 1.11. The number of hydrogen-bond acceptors (Lipinski definition) is 8. The smallest absolute Gasteiger partial charge is 0.274 e. The van der Waals surface area contributed by atoms with E-state index in [1.165, 1.54) is 17.4 Å². The number of aryl methyl sites for hydroxylation is 1. The lowest BCUT2D eigenvalue weighted by molar-refractivity contribution is 0.0772. The Hall–Kier alpha value is -2.72. The number of thiazole rings is 1. The lowest BCUT2D eigenvalue weighted by Crippen LogP contribution is -2.30. The molecule has 1 N–H and O–H groups in total. The van der Waals surface area contributed by atoms with Crippen molar-refractivity contribution >= 4 is 33.5 Å². The number of anilines is 1. The molecular formula is C20H23FN6O2S. The maximum Gasteiger partial charge on any atom is 0.274 e. The number of carbonyl (C=O) groups is 1. The molecule has 8 nitrogen and oxygen atoms in total. The van der Waals surface area contributed by atoms with Crippen molar-refractivity contribution in [1.29, 1.82) is 0 Å². The fourth-order valence-electron chi connectivity index (χ4n) is 3.62. The van der Waals surface area contributed by atoms with E-state index in [1.54, 1.807) is 13.3 Å². The highest BCUT2D eigenvalue weighted by Gasteiger charge is 2.30. The van der Waals surface area contributed by atoms with Gasteiger partial charge in [0.05, 0.1) is 23.9 Å². The second-order valence-electron chi connectivity index (χ2n) is 7.45. The van der Waals surface area contributed by atoms with Gasteiger partial charge in [-0.2, -0.15) is 4.98 Å². The molecule has 0 saturated carbocycles. The number of aromatic nitrogens is 4. The topological polar surface area (TPSA) is 93.1 Å². The predicted molar refractivity (Wildman–Crippen MR) is 112 cm³/mol. The van der Waals surface area contributed by atoms with Crippen molar-refractivity contribution in [3.05, 3.63) is 40.5 Å². The summed E-state index contributed by atoms with van der Waals surface area (Å²) in [5.41, 5.74) is 1.48. The summed E-state index contributed by atoms with van der Waals surface area (Å²) in [7, 11) is 1.67. The number of nitrogens with zero attached hydrogens (tertiary/aromatic N) is 5. The van der Waals surface area contributed by atoms with Crippen LogP contribution in [0.25, 0.3) is 10.3 Å². The molecule has 1 aliphatic rings. The minimum atomic E-state index is -0.414. The number of ether oxygens (including phenoxy) is 1. The van der Waals surface area contributed by atoms with Crippen molar-refractivity contribution in [3.8, 4) is 0 Å². The third kappa shape index (κ3) is 4.24. The van der Waals surface area contributed by atoms with Gasteiger partial charge in [0.1, 0.15) is 10.5 Å². The van der Waals surface area contributed by atoms with Crippen molar-refractivity contribution in [2.24, 2.45) is 5.92 Å². The van der Waals surface area contributed by atoms with Crippen molar-refractivity contribution in [2.75, 3.05) is 32.1 Å². The molecule has 1 fully saturated rings. The third-order valence-electron chi connectivity index (χ3n) is 5.11. The summed E-state index contributed by atoms with van der Waals surface area (Å²) in [5, 5.41) is 3.96. The monoisotopic (exact) mass is 430 g/mol. The molecule has 3 aromatic rings. The van der Waals surface area contributed by atoms with Gasteiger partial charge >= 0.3 is 0 Å². The van der Waals surface area contributed by atoms with E-state index >= 15 is 0 Å². The largest absolute Gasteiger partial charge is 0.384 e. The zero-order valence-electron chi connectivity index (χ0n) is 17.1. The summed E-state index contributed by atoms with van der Waals surface area (Å²) in [5.74, 6) is 0.0639. The van der Waals surface area contributed by atoms with Crippen LogP contribution in [0.3, 0.4) is 0 Å². The van der Waals surface area contributed by atoms with E-state index in [1.807, 2.05) is 18.7 Å². The highest BCUT2D eigenvalue weighted by Crippen LogP contribution is 2.28. The van der Waals surface area contributed by atoms with E-state index in [-0.39, 0.29) is 17.9 Å². The molecule has 158 valence electrons. The van der Waals surface area contributed by atoms with Crippen LogP contribution in [0, 0.1) is 18.7 Å². The Labute approximate surface area is 177 Å². The van der Waals surface area contributed by atoms with Gasteiger partial charge in [-0.25, -0.2) is 14.4 Å². The van der Waals surface area contributed by atoms with Gasteiger partial charge in [0.15, 0.2) is 11.3 Å². The number of pyridine rings is 1. The van der Waals surface area contributed by atoms with Crippen LogP contribution in [0.15, 0.2) is 18.5 Å². The average molecular weight is 431 g/mol. The second-order valence-corrected chi connectivity index (χ2v) is 8.65. The molecule has 1 unspecified atom stereocenters. The highest BCUT2D eigenvalue weighted by molar-refractivity contribution is 7.18. The fourth-order valence-corrected chi connectivity index (χ4v) is 4.46. The van der Waals surface area contributed by atoms with Crippen LogP contribution in [-0.4, -0.2) is 57.5 Å². The maximum absolute atomic E-state index is 13.5. The summed E-state index contributed by atoms with van der Waals surface area (Å²) in [6.45, 7) is 5.68. The quantitative estimate of drug-likeness (QED) is 0.642. The van der Waals surface area contributed by atoms with Gasteiger partial charge in [-0.3, -0.25) is 9.78 Å². The maximum atomic E-state index is 13.5. The van der Waals surface area contributed by atoms with Gasteiger partial charge in [0, 0.05) is 32.3 Å². The zero-order valence-corrected chi connectivity index (χ0v) is 17.9. The van der Waals surface area contributed by atoms with Crippen LogP contribution in [-0.2, 0) is 4.74 Å². The molecule has 3 aromatic heterocycles. The van der Waals surface area contributed by atoms with Crippen LogP contribution in [0.4, 0.5) is 10.3 Å². The number of halogens is 1. The fraction of sp³-hybridized carbons (Fsp3) is 0.450. The Kier molecular flexibility index (Phi) is 5.87. The summed E-state index contributed by atoms with van der Waals surface area (Å²) in [4.78, 5) is 32.4.